The predicted molar refractivity (Wildman–Crippen MR) is 107 cm³/mol. The van der Waals surface area contributed by atoms with Crippen LogP contribution < -0.4 is 0 Å². The average Bonchev–Trinajstić information content (AvgIpc) is 2.74. The number of aromatic nitrogens is 2. The van der Waals surface area contributed by atoms with Crippen LogP contribution in [0.4, 0.5) is 0 Å². The Bertz CT molecular complexity index is 953. The summed E-state index contributed by atoms with van der Waals surface area (Å²) >= 11 is 0. The molecule has 0 aliphatic carbocycles. The van der Waals surface area contributed by atoms with E-state index < -0.39 is 0 Å². The zero-order valence-corrected chi connectivity index (χ0v) is 14.3. The first kappa shape index (κ1) is 16.0. The first-order valence-electron chi connectivity index (χ1n) is 8.53. The van der Waals surface area contributed by atoms with E-state index in [2.05, 4.69) is 65.1 Å². The van der Waals surface area contributed by atoms with Gasteiger partial charge in [0, 0.05) is 24.8 Å². The summed E-state index contributed by atoms with van der Waals surface area (Å²) in [6.45, 7) is 4.44. The third kappa shape index (κ3) is 3.05. The fraction of sp³-hybridized carbons (Fsp3) is 0. The molecule has 0 radical (unpaired) electrons. The largest absolute Gasteiger partial charge is 0.265 e. The molecule has 0 saturated carbocycles. The second-order valence-corrected chi connectivity index (χ2v) is 6.04. The quantitative estimate of drug-likeness (QED) is 0.466. The maximum Gasteiger partial charge on any atom is 0.0273 e. The molecule has 26 heavy (non-hydrogen) atoms. The van der Waals surface area contributed by atoms with Gasteiger partial charge >= 0.3 is 0 Å². The van der Waals surface area contributed by atoms with Gasteiger partial charge in [-0.05, 0) is 63.2 Å². The third-order valence-corrected chi connectivity index (χ3v) is 4.49. The number of hydrogen-bond donors (Lipinski definition) is 0. The number of pyridine rings is 2. The topological polar surface area (TPSA) is 25.8 Å². The summed E-state index contributed by atoms with van der Waals surface area (Å²) in [5.74, 6) is 0. The molecule has 0 unspecified atom stereocenters. The lowest BCUT2D eigenvalue weighted by molar-refractivity contribution is 1.33. The van der Waals surface area contributed by atoms with E-state index in [0.717, 1.165) is 39.0 Å². The van der Waals surface area contributed by atoms with Gasteiger partial charge in [-0.2, -0.15) is 0 Å². The maximum atomic E-state index is 4.44. The van der Waals surface area contributed by atoms with E-state index in [-0.39, 0.29) is 0 Å². The SMILES string of the molecule is C=C(c1ccccc1-c1ccncc1)c1ccccc1-c1ccncc1. The molecule has 4 rings (SSSR count). The van der Waals surface area contributed by atoms with Crippen molar-refractivity contribution >= 4 is 5.57 Å². The fourth-order valence-corrected chi connectivity index (χ4v) is 3.20. The Morgan fingerprint density at radius 2 is 0.923 bits per heavy atom. The first-order chi connectivity index (χ1) is 12.8. The normalized spacial score (nSPS) is 10.5. The van der Waals surface area contributed by atoms with Crippen LogP contribution in [0.25, 0.3) is 27.8 Å². The number of rotatable bonds is 4. The van der Waals surface area contributed by atoms with E-state index in [1.165, 1.54) is 0 Å². The van der Waals surface area contributed by atoms with Gasteiger partial charge in [0.1, 0.15) is 0 Å². The second kappa shape index (κ2) is 7.16. The molecular weight excluding hydrogens is 316 g/mol. The van der Waals surface area contributed by atoms with E-state index in [9.17, 15) is 0 Å². The van der Waals surface area contributed by atoms with Crippen molar-refractivity contribution in [2.24, 2.45) is 0 Å². The number of benzene rings is 2. The van der Waals surface area contributed by atoms with Gasteiger partial charge in [-0.25, -0.2) is 0 Å². The number of nitrogens with zero attached hydrogens (tertiary/aromatic N) is 2. The molecule has 0 fully saturated rings. The average molecular weight is 334 g/mol. The third-order valence-electron chi connectivity index (χ3n) is 4.49. The first-order valence-corrected chi connectivity index (χ1v) is 8.53. The van der Waals surface area contributed by atoms with Gasteiger partial charge in [0.25, 0.3) is 0 Å². The highest BCUT2D eigenvalue weighted by atomic mass is 14.6. The van der Waals surface area contributed by atoms with Crippen molar-refractivity contribution in [2.45, 2.75) is 0 Å². The highest BCUT2D eigenvalue weighted by Crippen LogP contribution is 2.35. The minimum absolute atomic E-state index is 1.00. The zero-order valence-electron chi connectivity index (χ0n) is 14.3. The summed E-state index contributed by atoms with van der Waals surface area (Å²) in [4.78, 5) is 8.26. The van der Waals surface area contributed by atoms with Crippen LogP contribution >= 0.6 is 0 Å². The van der Waals surface area contributed by atoms with Crippen LogP contribution in [0, 0.1) is 0 Å². The molecule has 2 heteroatoms. The molecule has 2 aromatic heterocycles. The molecule has 0 N–H and O–H groups in total. The lowest BCUT2D eigenvalue weighted by Gasteiger charge is -2.16. The second-order valence-electron chi connectivity index (χ2n) is 6.04. The summed E-state index contributed by atoms with van der Waals surface area (Å²) in [6.07, 6.45) is 7.28. The molecule has 0 atom stereocenters. The highest BCUT2D eigenvalue weighted by molar-refractivity contribution is 5.92. The Kier molecular flexibility index (Phi) is 4.40. The van der Waals surface area contributed by atoms with Crippen LogP contribution in [0.15, 0.2) is 104 Å². The molecule has 4 aromatic rings. The van der Waals surface area contributed by atoms with E-state index in [4.69, 9.17) is 0 Å². The number of hydrogen-bond acceptors (Lipinski definition) is 2. The Morgan fingerprint density at radius 3 is 1.35 bits per heavy atom. The maximum absolute atomic E-state index is 4.44. The van der Waals surface area contributed by atoms with Crippen LogP contribution in [0.1, 0.15) is 11.1 Å². The van der Waals surface area contributed by atoms with Gasteiger partial charge in [-0.1, -0.05) is 55.1 Å². The van der Waals surface area contributed by atoms with Gasteiger partial charge < -0.3 is 0 Å². The summed E-state index contributed by atoms with van der Waals surface area (Å²) < 4.78 is 0. The van der Waals surface area contributed by atoms with Crippen molar-refractivity contribution in [3.63, 3.8) is 0 Å². The Morgan fingerprint density at radius 1 is 0.538 bits per heavy atom. The van der Waals surface area contributed by atoms with Crippen molar-refractivity contribution in [3.05, 3.63) is 115 Å². The van der Waals surface area contributed by atoms with Gasteiger partial charge in [0.05, 0.1) is 0 Å². The summed E-state index contributed by atoms with van der Waals surface area (Å²) in [7, 11) is 0. The van der Waals surface area contributed by atoms with Crippen LogP contribution in [0.2, 0.25) is 0 Å². The van der Waals surface area contributed by atoms with Gasteiger partial charge in [0.2, 0.25) is 0 Å². The van der Waals surface area contributed by atoms with Gasteiger partial charge in [-0.15, -0.1) is 0 Å². The molecule has 124 valence electrons. The predicted octanol–water partition coefficient (Wildman–Crippen LogP) is 5.87. The molecular formula is C24H18N2. The van der Waals surface area contributed by atoms with Crippen LogP contribution in [0.5, 0.6) is 0 Å². The molecule has 0 spiro atoms. The summed E-state index contributed by atoms with van der Waals surface area (Å²) in [6, 6.07) is 24.9. The lowest BCUT2D eigenvalue weighted by Crippen LogP contribution is -1.94. The van der Waals surface area contributed by atoms with Gasteiger partial charge in [-0.3, -0.25) is 9.97 Å². The smallest absolute Gasteiger partial charge is 0.0273 e. The fourth-order valence-electron chi connectivity index (χ4n) is 3.20. The van der Waals surface area contributed by atoms with Crippen molar-refractivity contribution in [2.75, 3.05) is 0 Å². The molecule has 0 aliphatic rings. The van der Waals surface area contributed by atoms with Crippen molar-refractivity contribution in [1.29, 1.82) is 0 Å². The van der Waals surface area contributed by atoms with Crippen molar-refractivity contribution in [1.82, 2.24) is 9.97 Å². The molecule has 0 aliphatic heterocycles. The molecule has 0 amide bonds. The monoisotopic (exact) mass is 334 g/mol. The van der Waals surface area contributed by atoms with Crippen molar-refractivity contribution < 1.29 is 0 Å². The van der Waals surface area contributed by atoms with Crippen LogP contribution in [-0.4, -0.2) is 9.97 Å². The standard InChI is InChI=1S/C24H18N2/c1-18(21-6-2-4-8-23(21)19-10-14-25-15-11-19)22-7-3-5-9-24(22)20-12-16-26-17-13-20/h2-17H,1H2. The Hall–Kier alpha value is -3.52. The van der Waals surface area contributed by atoms with E-state index >= 15 is 0 Å². The Balaban J connectivity index is 1.84. The molecule has 2 nitrogen and oxygen atoms in total. The van der Waals surface area contributed by atoms with E-state index in [0.29, 0.717) is 0 Å². The zero-order chi connectivity index (χ0) is 17.8. The van der Waals surface area contributed by atoms with Crippen LogP contribution in [-0.2, 0) is 0 Å². The van der Waals surface area contributed by atoms with Crippen LogP contribution in [0.3, 0.4) is 0 Å². The summed E-state index contributed by atoms with van der Waals surface area (Å²) in [5, 5.41) is 0. The molecule has 0 saturated heterocycles. The molecule has 2 heterocycles. The van der Waals surface area contributed by atoms with E-state index in [1.54, 1.807) is 0 Å². The lowest BCUT2D eigenvalue weighted by atomic mass is 9.88. The minimum atomic E-state index is 1.00. The minimum Gasteiger partial charge on any atom is -0.265 e. The van der Waals surface area contributed by atoms with Gasteiger partial charge in [0.15, 0.2) is 0 Å². The molecule has 2 aromatic carbocycles. The highest BCUT2D eigenvalue weighted by Gasteiger charge is 2.13. The molecule has 0 bridgehead atoms. The summed E-state index contributed by atoms with van der Waals surface area (Å²) in [5.41, 5.74) is 7.84. The van der Waals surface area contributed by atoms with E-state index in [1.807, 2.05) is 49.1 Å². The van der Waals surface area contributed by atoms with Crippen molar-refractivity contribution in [3.8, 4) is 22.3 Å². The Labute approximate surface area is 153 Å².